The van der Waals surface area contributed by atoms with Gasteiger partial charge in [-0.05, 0) is 23.6 Å². The largest absolute Gasteiger partial charge is 0.443 e. The van der Waals surface area contributed by atoms with Gasteiger partial charge in [0.05, 0.1) is 18.7 Å². The maximum absolute atomic E-state index is 13.9. The molecule has 2 aliphatic heterocycles. The fourth-order valence-electron chi connectivity index (χ4n) is 2.65. The molecule has 0 spiro atoms. The topological polar surface area (TPSA) is 84.7 Å². The molecule has 0 saturated carbocycles. The number of ether oxygens (including phenoxy) is 1. The van der Waals surface area contributed by atoms with Gasteiger partial charge in [0.15, 0.2) is 0 Å². The fourth-order valence-corrected chi connectivity index (χ4v) is 2.65. The summed E-state index contributed by atoms with van der Waals surface area (Å²) < 4.78 is 18.9. The van der Waals surface area contributed by atoms with E-state index >= 15 is 0 Å². The summed E-state index contributed by atoms with van der Waals surface area (Å²) in [6, 6.07) is 3.20. The lowest BCUT2D eigenvalue weighted by Gasteiger charge is -2.13. The highest BCUT2D eigenvalue weighted by Gasteiger charge is 2.30. The molecule has 0 radical (unpaired) electrons. The van der Waals surface area contributed by atoms with Gasteiger partial charge < -0.3 is 20.7 Å². The van der Waals surface area contributed by atoms with Crippen LogP contribution in [0.4, 0.5) is 14.9 Å². The maximum atomic E-state index is 13.9. The van der Waals surface area contributed by atoms with Gasteiger partial charge in [-0.2, -0.15) is 0 Å². The molecule has 3 N–H and O–H groups in total. The van der Waals surface area contributed by atoms with E-state index < -0.39 is 5.82 Å². The Hall–Kier alpha value is -2.15. The molecule has 0 aromatic heterocycles. The van der Waals surface area contributed by atoms with Crippen molar-refractivity contribution in [1.29, 1.82) is 0 Å². The SMILES string of the molecule is NCC1CN(CCc2cc(F)c3c(c2)CC(=O)N3)C(=O)O1. The zero-order chi connectivity index (χ0) is 15.0. The number of nitrogens with one attached hydrogen (secondary N) is 1. The first-order valence-electron chi connectivity index (χ1n) is 6.83. The van der Waals surface area contributed by atoms with Crippen molar-refractivity contribution in [3.05, 3.63) is 29.1 Å². The minimum absolute atomic E-state index is 0.196. The first-order chi connectivity index (χ1) is 10.1. The minimum Gasteiger partial charge on any atom is -0.443 e. The number of cyclic esters (lactones) is 1. The van der Waals surface area contributed by atoms with Crippen LogP contribution in [0.15, 0.2) is 12.1 Å². The molecule has 1 unspecified atom stereocenters. The summed E-state index contributed by atoms with van der Waals surface area (Å²) >= 11 is 0. The van der Waals surface area contributed by atoms with Crippen LogP contribution in [0.5, 0.6) is 0 Å². The van der Waals surface area contributed by atoms with Crippen LogP contribution in [0.1, 0.15) is 11.1 Å². The summed E-state index contributed by atoms with van der Waals surface area (Å²) in [5.41, 5.74) is 7.16. The van der Waals surface area contributed by atoms with Gasteiger partial charge in [0, 0.05) is 13.1 Å². The van der Waals surface area contributed by atoms with Crippen molar-refractivity contribution >= 4 is 17.7 Å². The lowest BCUT2D eigenvalue weighted by molar-refractivity contribution is -0.115. The van der Waals surface area contributed by atoms with Crippen LogP contribution in [0.3, 0.4) is 0 Å². The van der Waals surface area contributed by atoms with Crippen molar-refractivity contribution in [2.75, 3.05) is 25.0 Å². The monoisotopic (exact) mass is 293 g/mol. The average molecular weight is 293 g/mol. The molecule has 112 valence electrons. The van der Waals surface area contributed by atoms with Gasteiger partial charge in [-0.1, -0.05) is 6.07 Å². The second-order valence-electron chi connectivity index (χ2n) is 5.27. The van der Waals surface area contributed by atoms with E-state index in [1.807, 2.05) is 0 Å². The fraction of sp³-hybridized carbons (Fsp3) is 0.429. The maximum Gasteiger partial charge on any atom is 0.410 e. The number of hydrogen-bond donors (Lipinski definition) is 2. The Morgan fingerprint density at radius 2 is 2.24 bits per heavy atom. The number of carbonyl (C=O) groups excluding carboxylic acids is 2. The van der Waals surface area contributed by atoms with Crippen molar-refractivity contribution in [3.8, 4) is 0 Å². The van der Waals surface area contributed by atoms with Crippen LogP contribution in [-0.2, 0) is 22.4 Å². The highest BCUT2D eigenvalue weighted by Crippen LogP contribution is 2.28. The first kappa shape index (κ1) is 13.8. The molecule has 1 aromatic rings. The Balaban J connectivity index is 1.67. The molecule has 0 bridgehead atoms. The zero-order valence-electron chi connectivity index (χ0n) is 11.4. The molecular formula is C14H16FN3O3. The van der Waals surface area contributed by atoms with Crippen molar-refractivity contribution in [2.24, 2.45) is 5.73 Å². The molecule has 0 aliphatic carbocycles. The third kappa shape index (κ3) is 2.69. The second kappa shape index (κ2) is 5.33. The molecule has 21 heavy (non-hydrogen) atoms. The van der Waals surface area contributed by atoms with E-state index in [0.29, 0.717) is 31.6 Å². The predicted octanol–water partition coefficient (Wildman–Crippen LogP) is 0.642. The summed E-state index contributed by atoms with van der Waals surface area (Å²) in [5.74, 6) is -0.632. The molecule has 1 atom stereocenters. The van der Waals surface area contributed by atoms with Crippen LogP contribution >= 0.6 is 0 Å². The number of anilines is 1. The molecule has 6 nitrogen and oxygen atoms in total. The van der Waals surface area contributed by atoms with Gasteiger partial charge in [0.2, 0.25) is 5.91 Å². The number of halogens is 1. The molecule has 1 fully saturated rings. The number of carbonyl (C=O) groups is 2. The van der Waals surface area contributed by atoms with E-state index in [0.717, 1.165) is 5.56 Å². The summed E-state index contributed by atoms with van der Waals surface area (Å²) in [6.07, 6.45) is 0.0475. The van der Waals surface area contributed by atoms with Crippen LogP contribution < -0.4 is 11.1 Å². The van der Waals surface area contributed by atoms with Crippen LogP contribution in [0.2, 0.25) is 0 Å². The normalized spacial score (nSPS) is 20.5. The molecule has 7 heteroatoms. The first-order valence-corrected chi connectivity index (χ1v) is 6.83. The second-order valence-corrected chi connectivity index (χ2v) is 5.27. The van der Waals surface area contributed by atoms with E-state index in [-0.39, 0.29) is 30.2 Å². The van der Waals surface area contributed by atoms with Gasteiger partial charge in [0.1, 0.15) is 11.9 Å². The average Bonchev–Trinajstić information content (AvgIpc) is 2.99. The lowest BCUT2D eigenvalue weighted by atomic mass is 10.1. The van der Waals surface area contributed by atoms with E-state index in [1.165, 1.54) is 6.07 Å². The third-order valence-corrected chi connectivity index (χ3v) is 3.73. The molecule has 2 aliphatic rings. The third-order valence-electron chi connectivity index (χ3n) is 3.73. The molecule has 2 heterocycles. The number of benzene rings is 1. The summed E-state index contributed by atoms with van der Waals surface area (Å²) in [4.78, 5) is 24.4. The molecule has 1 aromatic carbocycles. The standard InChI is InChI=1S/C14H16FN3O3/c15-11-4-8(3-9-5-12(19)17-13(9)11)1-2-18-7-10(6-16)21-14(18)20/h3-4,10H,1-2,5-7,16H2,(H,17,19). The lowest BCUT2D eigenvalue weighted by Crippen LogP contribution is -2.29. The van der Waals surface area contributed by atoms with Gasteiger partial charge in [-0.3, -0.25) is 4.79 Å². The predicted molar refractivity (Wildman–Crippen MR) is 73.3 cm³/mol. The van der Waals surface area contributed by atoms with Gasteiger partial charge in [-0.15, -0.1) is 0 Å². The summed E-state index contributed by atoms with van der Waals surface area (Å²) in [5, 5.41) is 2.50. The van der Waals surface area contributed by atoms with Crippen molar-refractivity contribution in [1.82, 2.24) is 4.90 Å². The minimum atomic E-state index is -0.433. The number of hydrogen-bond acceptors (Lipinski definition) is 4. The Morgan fingerprint density at radius 1 is 1.43 bits per heavy atom. The molecule has 2 amide bonds. The number of amides is 2. The number of nitrogens with two attached hydrogens (primary N) is 1. The smallest absolute Gasteiger partial charge is 0.410 e. The molecule has 3 rings (SSSR count). The van der Waals surface area contributed by atoms with Crippen LogP contribution in [0, 0.1) is 5.82 Å². The Morgan fingerprint density at radius 3 is 2.95 bits per heavy atom. The van der Waals surface area contributed by atoms with E-state index in [1.54, 1.807) is 11.0 Å². The zero-order valence-corrected chi connectivity index (χ0v) is 11.4. The summed E-state index contributed by atoms with van der Waals surface area (Å²) in [7, 11) is 0. The molecule has 1 saturated heterocycles. The summed E-state index contributed by atoms with van der Waals surface area (Å²) in [6.45, 7) is 1.20. The number of fused-ring (bicyclic) bond motifs is 1. The van der Waals surface area contributed by atoms with Crippen LogP contribution in [-0.4, -0.2) is 42.6 Å². The van der Waals surface area contributed by atoms with Gasteiger partial charge in [-0.25, -0.2) is 9.18 Å². The van der Waals surface area contributed by atoms with Crippen LogP contribution in [0.25, 0.3) is 0 Å². The Kier molecular flexibility index (Phi) is 3.50. The molecular weight excluding hydrogens is 277 g/mol. The van der Waals surface area contributed by atoms with Crippen molar-refractivity contribution < 1.29 is 18.7 Å². The van der Waals surface area contributed by atoms with Gasteiger partial charge >= 0.3 is 6.09 Å². The highest BCUT2D eigenvalue weighted by molar-refractivity contribution is 5.99. The van der Waals surface area contributed by atoms with E-state index in [2.05, 4.69) is 5.32 Å². The number of nitrogens with zero attached hydrogens (tertiary/aromatic N) is 1. The van der Waals surface area contributed by atoms with Gasteiger partial charge in [0.25, 0.3) is 0 Å². The number of rotatable bonds is 4. The van der Waals surface area contributed by atoms with Crippen molar-refractivity contribution in [2.45, 2.75) is 18.9 Å². The van der Waals surface area contributed by atoms with Crippen molar-refractivity contribution in [3.63, 3.8) is 0 Å². The van der Waals surface area contributed by atoms with E-state index in [9.17, 15) is 14.0 Å². The quantitative estimate of drug-likeness (QED) is 0.853. The Bertz CT molecular complexity index is 605. The Labute approximate surface area is 121 Å². The highest BCUT2D eigenvalue weighted by atomic mass is 19.1. The van der Waals surface area contributed by atoms with E-state index in [4.69, 9.17) is 10.5 Å².